The van der Waals surface area contributed by atoms with Gasteiger partial charge >= 0.3 is 0 Å². The summed E-state index contributed by atoms with van der Waals surface area (Å²) in [6, 6.07) is 4.26. The minimum atomic E-state index is -3.74. The van der Waals surface area contributed by atoms with Crippen molar-refractivity contribution in [3.8, 4) is 0 Å². The monoisotopic (exact) mass is 362 g/mol. The van der Waals surface area contributed by atoms with Crippen molar-refractivity contribution < 1.29 is 13.2 Å². The summed E-state index contributed by atoms with van der Waals surface area (Å²) in [5, 5.41) is 0.485. The highest BCUT2D eigenvalue weighted by Gasteiger charge is 2.43. The fourth-order valence-corrected chi connectivity index (χ4v) is 5.41. The first kappa shape index (κ1) is 16.1. The van der Waals surface area contributed by atoms with E-state index in [1.165, 1.54) is 22.5 Å². The molecule has 1 aromatic rings. The average Bonchev–Trinajstić information content (AvgIpc) is 2.73. The summed E-state index contributed by atoms with van der Waals surface area (Å²) in [4.78, 5) is 13.9. The van der Waals surface area contributed by atoms with Gasteiger partial charge in [0, 0.05) is 31.2 Å². The van der Waals surface area contributed by atoms with E-state index in [1.54, 1.807) is 11.9 Å². The molecule has 2 atom stereocenters. The predicted molar refractivity (Wildman–Crippen MR) is 84.5 cm³/mol. The molecule has 3 aliphatic rings. The van der Waals surface area contributed by atoms with Crippen LogP contribution in [0.15, 0.2) is 23.1 Å². The highest BCUT2D eigenvalue weighted by Crippen LogP contribution is 2.33. The molecule has 3 fully saturated rings. The van der Waals surface area contributed by atoms with Gasteiger partial charge in [-0.3, -0.25) is 4.79 Å². The molecule has 3 saturated heterocycles. The van der Waals surface area contributed by atoms with E-state index in [0.29, 0.717) is 11.6 Å². The molecule has 0 spiro atoms. The summed E-state index contributed by atoms with van der Waals surface area (Å²) in [6.45, 7) is 0.515. The summed E-state index contributed by atoms with van der Waals surface area (Å²) >= 11 is 11.9. The zero-order chi connectivity index (χ0) is 16.1. The fraction of sp³-hybridized carbons (Fsp3) is 0.500. The van der Waals surface area contributed by atoms with Gasteiger partial charge in [0.25, 0.3) is 0 Å². The molecule has 0 N–H and O–H groups in total. The molecule has 1 amide bonds. The van der Waals surface area contributed by atoms with Gasteiger partial charge < -0.3 is 4.90 Å². The van der Waals surface area contributed by atoms with Crippen molar-refractivity contribution in [3.63, 3.8) is 0 Å². The third-order valence-corrected chi connectivity index (χ3v) is 6.99. The van der Waals surface area contributed by atoms with Crippen molar-refractivity contribution >= 4 is 39.1 Å². The number of benzene rings is 1. The summed E-state index contributed by atoms with van der Waals surface area (Å²) < 4.78 is 27.1. The number of amides is 1. The van der Waals surface area contributed by atoms with Gasteiger partial charge in [0.15, 0.2) is 0 Å². The van der Waals surface area contributed by atoms with Gasteiger partial charge in [-0.2, -0.15) is 4.31 Å². The van der Waals surface area contributed by atoms with Crippen LogP contribution >= 0.6 is 23.2 Å². The zero-order valence-electron chi connectivity index (χ0n) is 12.0. The van der Waals surface area contributed by atoms with Gasteiger partial charge in [-0.25, -0.2) is 8.42 Å². The van der Waals surface area contributed by atoms with E-state index in [-0.39, 0.29) is 34.3 Å². The molecule has 0 aliphatic carbocycles. The van der Waals surface area contributed by atoms with Gasteiger partial charge in [-0.1, -0.05) is 23.2 Å². The molecule has 0 saturated carbocycles. The van der Waals surface area contributed by atoms with Crippen LogP contribution in [0.1, 0.15) is 12.8 Å². The second-order valence-corrected chi connectivity index (χ2v) is 8.52. The van der Waals surface area contributed by atoms with Gasteiger partial charge in [0.2, 0.25) is 15.9 Å². The lowest BCUT2D eigenvalue weighted by atomic mass is 9.95. The lowest BCUT2D eigenvalue weighted by molar-refractivity contribution is -0.138. The maximum absolute atomic E-state index is 12.9. The highest BCUT2D eigenvalue weighted by atomic mass is 35.5. The van der Waals surface area contributed by atoms with Crippen LogP contribution in [-0.2, 0) is 14.8 Å². The summed E-state index contributed by atoms with van der Waals surface area (Å²) in [5.41, 5.74) is 0. The Morgan fingerprint density at radius 2 is 1.91 bits per heavy atom. The van der Waals surface area contributed by atoms with E-state index in [0.717, 1.165) is 12.8 Å². The van der Waals surface area contributed by atoms with Crippen LogP contribution in [0.2, 0.25) is 10.0 Å². The molecule has 3 aliphatic heterocycles. The number of sulfonamides is 1. The molecule has 0 aromatic heterocycles. The van der Waals surface area contributed by atoms with Crippen molar-refractivity contribution in [2.75, 3.05) is 20.1 Å². The molecule has 8 heteroatoms. The van der Waals surface area contributed by atoms with E-state index in [9.17, 15) is 13.2 Å². The van der Waals surface area contributed by atoms with Crippen molar-refractivity contribution in [1.29, 1.82) is 0 Å². The Morgan fingerprint density at radius 3 is 2.59 bits per heavy atom. The Kier molecular flexibility index (Phi) is 4.14. The first-order valence-electron chi connectivity index (χ1n) is 7.02. The third-order valence-electron chi connectivity index (χ3n) is 4.44. The van der Waals surface area contributed by atoms with E-state index in [1.807, 2.05) is 0 Å². The number of rotatable bonds is 2. The summed E-state index contributed by atoms with van der Waals surface area (Å²) in [7, 11) is -2.00. The van der Waals surface area contributed by atoms with Crippen molar-refractivity contribution in [3.05, 3.63) is 28.2 Å². The summed E-state index contributed by atoms with van der Waals surface area (Å²) in [6.07, 6.45) is 1.56. The molecule has 5 nitrogen and oxygen atoms in total. The van der Waals surface area contributed by atoms with E-state index >= 15 is 0 Å². The van der Waals surface area contributed by atoms with Gasteiger partial charge in [-0.15, -0.1) is 0 Å². The van der Waals surface area contributed by atoms with Crippen LogP contribution in [-0.4, -0.2) is 49.7 Å². The minimum Gasteiger partial charge on any atom is -0.341 e. The number of fused-ring (bicyclic) bond motifs is 4. The lowest BCUT2D eigenvalue weighted by Crippen LogP contribution is -2.45. The SMILES string of the molecule is CN1C(=O)[C@H]2CC[C@@H]1CN(S(=O)(=O)c1ccc(Cl)cc1Cl)C2. The quantitative estimate of drug-likeness (QED) is 0.810. The molecule has 3 heterocycles. The van der Waals surface area contributed by atoms with Crippen molar-refractivity contribution in [1.82, 2.24) is 9.21 Å². The maximum Gasteiger partial charge on any atom is 0.244 e. The topological polar surface area (TPSA) is 57.7 Å². The fourth-order valence-electron chi connectivity index (χ4n) is 3.14. The summed E-state index contributed by atoms with van der Waals surface area (Å²) in [5.74, 6) is -0.249. The first-order chi connectivity index (χ1) is 10.3. The Labute approximate surface area is 139 Å². The Bertz CT molecular complexity index is 723. The molecular weight excluding hydrogens is 347 g/mol. The number of piperidine rings is 1. The largest absolute Gasteiger partial charge is 0.341 e. The number of nitrogens with zero attached hydrogens (tertiary/aromatic N) is 2. The van der Waals surface area contributed by atoms with Crippen molar-refractivity contribution in [2.45, 2.75) is 23.8 Å². The van der Waals surface area contributed by atoms with Crippen LogP contribution in [0, 0.1) is 5.92 Å². The van der Waals surface area contributed by atoms with Crippen LogP contribution in [0.3, 0.4) is 0 Å². The minimum absolute atomic E-state index is 0.0242. The van der Waals surface area contributed by atoms with E-state index in [2.05, 4.69) is 0 Å². The van der Waals surface area contributed by atoms with Crippen LogP contribution in [0.25, 0.3) is 0 Å². The highest BCUT2D eigenvalue weighted by molar-refractivity contribution is 7.89. The first-order valence-corrected chi connectivity index (χ1v) is 9.22. The normalized spacial score (nSPS) is 26.3. The molecule has 22 heavy (non-hydrogen) atoms. The molecule has 0 radical (unpaired) electrons. The van der Waals surface area contributed by atoms with Gasteiger partial charge in [0.05, 0.1) is 10.9 Å². The molecular formula is C14H16Cl2N2O3S. The molecule has 1 aromatic carbocycles. The zero-order valence-corrected chi connectivity index (χ0v) is 14.3. The van der Waals surface area contributed by atoms with Gasteiger partial charge in [0.1, 0.15) is 4.90 Å². The molecule has 120 valence electrons. The third kappa shape index (κ3) is 2.62. The molecule has 4 rings (SSSR count). The standard InChI is InChI=1S/C14H16Cl2N2O3S/c1-17-11-4-2-9(14(17)19)7-18(8-11)22(20,21)13-5-3-10(15)6-12(13)16/h3,5-6,9,11H,2,4,7-8H2,1H3/t9-,11+/m0/s1. The van der Waals surface area contributed by atoms with E-state index < -0.39 is 10.0 Å². The average molecular weight is 363 g/mol. The van der Waals surface area contributed by atoms with Crippen LogP contribution < -0.4 is 0 Å². The van der Waals surface area contributed by atoms with Crippen LogP contribution in [0.5, 0.6) is 0 Å². The second-order valence-electron chi connectivity index (χ2n) is 5.77. The second kappa shape index (κ2) is 5.67. The maximum atomic E-state index is 12.9. The number of halogens is 2. The predicted octanol–water partition coefficient (Wildman–Crippen LogP) is 2.23. The van der Waals surface area contributed by atoms with Crippen LogP contribution in [0.4, 0.5) is 0 Å². The Balaban J connectivity index is 1.98. The number of hydrogen-bond acceptors (Lipinski definition) is 3. The Morgan fingerprint density at radius 1 is 1.18 bits per heavy atom. The smallest absolute Gasteiger partial charge is 0.244 e. The van der Waals surface area contributed by atoms with Gasteiger partial charge in [-0.05, 0) is 31.0 Å². The lowest BCUT2D eigenvalue weighted by Gasteiger charge is -2.32. The number of likely N-dealkylation sites (N-methyl/N-ethyl adjacent to an activating group) is 1. The molecule has 2 bridgehead atoms. The Hall–Kier alpha value is -0.820. The molecule has 0 unspecified atom stereocenters. The van der Waals surface area contributed by atoms with Crippen molar-refractivity contribution in [2.24, 2.45) is 5.92 Å². The van der Waals surface area contributed by atoms with E-state index in [4.69, 9.17) is 23.2 Å². The number of carbonyl (C=O) groups is 1. The number of carbonyl (C=O) groups excluding carboxylic acids is 1. The number of hydrogen-bond donors (Lipinski definition) is 0.